The van der Waals surface area contributed by atoms with E-state index in [-0.39, 0.29) is 22.6 Å². The summed E-state index contributed by atoms with van der Waals surface area (Å²) in [4.78, 5) is 28.8. The summed E-state index contributed by atoms with van der Waals surface area (Å²) < 4.78 is 38.0. The number of hydrogen-bond acceptors (Lipinski definition) is 5. The SMILES string of the molecule is CCS(=O)(=O)c1ccc(NC(=O)Cn2cnc3ccc(F)cc3c2=O)cc1. The summed E-state index contributed by atoms with van der Waals surface area (Å²) in [6, 6.07) is 9.42. The molecule has 9 heteroatoms. The number of carbonyl (C=O) groups excluding carboxylic acids is 1. The van der Waals surface area contributed by atoms with E-state index in [1.54, 1.807) is 6.92 Å². The second-order valence-corrected chi connectivity index (χ2v) is 8.09. The lowest BCUT2D eigenvalue weighted by Crippen LogP contribution is -2.28. The van der Waals surface area contributed by atoms with E-state index in [9.17, 15) is 22.4 Å². The zero-order valence-electron chi connectivity index (χ0n) is 14.3. The Balaban J connectivity index is 1.77. The summed E-state index contributed by atoms with van der Waals surface area (Å²) in [5.41, 5.74) is 0.202. The normalized spacial score (nSPS) is 11.5. The van der Waals surface area contributed by atoms with Gasteiger partial charge < -0.3 is 5.32 Å². The number of sulfone groups is 1. The number of halogens is 1. The van der Waals surface area contributed by atoms with Gasteiger partial charge in [-0.1, -0.05) is 6.92 Å². The predicted octanol–water partition coefficient (Wildman–Crippen LogP) is 1.97. The minimum atomic E-state index is -3.32. The highest BCUT2D eigenvalue weighted by molar-refractivity contribution is 7.91. The molecule has 0 radical (unpaired) electrons. The zero-order chi connectivity index (χ0) is 19.6. The van der Waals surface area contributed by atoms with E-state index in [4.69, 9.17) is 0 Å². The van der Waals surface area contributed by atoms with E-state index >= 15 is 0 Å². The van der Waals surface area contributed by atoms with Crippen LogP contribution in [-0.2, 0) is 21.2 Å². The molecule has 1 N–H and O–H groups in total. The van der Waals surface area contributed by atoms with Gasteiger partial charge in [-0.05, 0) is 42.5 Å². The van der Waals surface area contributed by atoms with Crippen LogP contribution in [0.1, 0.15) is 6.92 Å². The van der Waals surface area contributed by atoms with Crippen LogP contribution in [0.5, 0.6) is 0 Å². The number of aromatic nitrogens is 2. The topological polar surface area (TPSA) is 98.1 Å². The molecule has 2 aromatic carbocycles. The Morgan fingerprint density at radius 3 is 2.56 bits per heavy atom. The molecule has 0 spiro atoms. The number of benzene rings is 2. The average Bonchev–Trinajstić information content (AvgIpc) is 2.65. The molecule has 27 heavy (non-hydrogen) atoms. The van der Waals surface area contributed by atoms with E-state index in [2.05, 4.69) is 10.3 Å². The first-order valence-electron chi connectivity index (χ1n) is 8.07. The summed E-state index contributed by atoms with van der Waals surface area (Å²) in [5.74, 6) is -1.08. The number of hydrogen-bond donors (Lipinski definition) is 1. The number of rotatable bonds is 5. The molecule has 0 aliphatic carbocycles. The van der Waals surface area contributed by atoms with Gasteiger partial charge in [-0.25, -0.2) is 17.8 Å². The largest absolute Gasteiger partial charge is 0.325 e. The van der Waals surface area contributed by atoms with E-state index < -0.39 is 27.1 Å². The van der Waals surface area contributed by atoms with Crippen LogP contribution in [-0.4, -0.2) is 29.6 Å². The minimum Gasteiger partial charge on any atom is -0.325 e. The highest BCUT2D eigenvalue weighted by Crippen LogP contribution is 2.15. The van der Waals surface area contributed by atoms with Crippen molar-refractivity contribution in [1.82, 2.24) is 9.55 Å². The zero-order valence-corrected chi connectivity index (χ0v) is 15.2. The van der Waals surface area contributed by atoms with Crippen LogP contribution in [0.25, 0.3) is 10.9 Å². The summed E-state index contributed by atoms with van der Waals surface area (Å²) in [7, 11) is -3.32. The number of nitrogens with one attached hydrogen (secondary N) is 1. The molecule has 140 valence electrons. The number of carbonyl (C=O) groups is 1. The quantitative estimate of drug-likeness (QED) is 0.719. The highest BCUT2D eigenvalue weighted by Gasteiger charge is 2.12. The van der Waals surface area contributed by atoms with Crippen molar-refractivity contribution in [2.45, 2.75) is 18.4 Å². The van der Waals surface area contributed by atoms with Crippen LogP contribution in [0.4, 0.5) is 10.1 Å². The molecular formula is C18H16FN3O4S. The Labute approximate surface area is 154 Å². The fourth-order valence-electron chi connectivity index (χ4n) is 2.51. The number of amides is 1. The lowest BCUT2D eigenvalue weighted by molar-refractivity contribution is -0.116. The maximum atomic E-state index is 13.3. The molecule has 1 amide bonds. The fraction of sp³-hybridized carbons (Fsp3) is 0.167. The summed E-state index contributed by atoms with van der Waals surface area (Å²) in [6.45, 7) is 1.24. The van der Waals surface area contributed by atoms with Crippen molar-refractivity contribution < 1.29 is 17.6 Å². The van der Waals surface area contributed by atoms with Crippen molar-refractivity contribution in [2.75, 3.05) is 11.1 Å². The monoisotopic (exact) mass is 389 g/mol. The van der Waals surface area contributed by atoms with Gasteiger partial charge >= 0.3 is 0 Å². The molecule has 7 nitrogen and oxygen atoms in total. The average molecular weight is 389 g/mol. The maximum Gasteiger partial charge on any atom is 0.261 e. The molecular weight excluding hydrogens is 373 g/mol. The molecule has 3 aromatic rings. The van der Waals surface area contributed by atoms with Gasteiger partial charge in [-0.15, -0.1) is 0 Å². The molecule has 0 saturated carbocycles. The smallest absolute Gasteiger partial charge is 0.261 e. The molecule has 1 heterocycles. The van der Waals surface area contributed by atoms with Gasteiger partial charge in [-0.3, -0.25) is 14.2 Å². The van der Waals surface area contributed by atoms with Crippen molar-refractivity contribution in [2.24, 2.45) is 0 Å². The lowest BCUT2D eigenvalue weighted by Gasteiger charge is -2.09. The Kier molecular flexibility index (Phi) is 5.04. The fourth-order valence-corrected chi connectivity index (χ4v) is 3.40. The number of nitrogens with zero attached hydrogens (tertiary/aromatic N) is 2. The van der Waals surface area contributed by atoms with Crippen LogP contribution in [0, 0.1) is 5.82 Å². The predicted molar refractivity (Wildman–Crippen MR) is 98.8 cm³/mol. The van der Waals surface area contributed by atoms with E-state index in [0.29, 0.717) is 11.2 Å². The van der Waals surface area contributed by atoms with Crippen LogP contribution in [0.3, 0.4) is 0 Å². The molecule has 0 unspecified atom stereocenters. The number of anilines is 1. The van der Waals surface area contributed by atoms with Crippen molar-refractivity contribution >= 4 is 32.3 Å². The van der Waals surface area contributed by atoms with Crippen molar-refractivity contribution in [3.63, 3.8) is 0 Å². The summed E-state index contributed by atoms with van der Waals surface area (Å²) in [6.07, 6.45) is 1.22. The van der Waals surface area contributed by atoms with E-state index in [0.717, 1.165) is 10.6 Å². The van der Waals surface area contributed by atoms with Crippen LogP contribution in [0.2, 0.25) is 0 Å². The first kappa shape index (κ1) is 18.7. The first-order valence-corrected chi connectivity index (χ1v) is 9.73. The lowest BCUT2D eigenvalue weighted by atomic mass is 10.2. The van der Waals surface area contributed by atoms with Crippen LogP contribution < -0.4 is 10.9 Å². The van der Waals surface area contributed by atoms with Crippen molar-refractivity contribution in [3.05, 3.63) is 65.0 Å². The van der Waals surface area contributed by atoms with Gasteiger partial charge in [0.2, 0.25) is 5.91 Å². The Bertz CT molecular complexity index is 1170. The third-order valence-electron chi connectivity index (χ3n) is 3.98. The third kappa shape index (κ3) is 4.03. The maximum absolute atomic E-state index is 13.3. The minimum absolute atomic E-state index is 0.0167. The van der Waals surface area contributed by atoms with Crippen molar-refractivity contribution in [1.29, 1.82) is 0 Å². The number of fused-ring (bicyclic) bond motifs is 1. The Hall–Kier alpha value is -3.07. The van der Waals surface area contributed by atoms with Gasteiger partial charge in [0, 0.05) is 5.69 Å². The molecule has 0 saturated heterocycles. The molecule has 0 atom stereocenters. The van der Waals surface area contributed by atoms with Gasteiger partial charge in [0.25, 0.3) is 5.56 Å². The van der Waals surface area contributed by atoms with Gasteiger partial charge in [0.15, 0.2) is 9.84 Å². The van der Waals surface area contributed by atoms with Crippen LogP contribution >= 0.6 is 0 Å². The van der Waals surface area contributed by atoms with Gasteiger partial charge in [-0.2, -0.15) is 0 Å². The standard InChI is InChI=1S/C18H16FN3O4S/c1-2-27(25,26)14-6-4-13(5-7-14)21-17(23)10-22-11-20-16-8-3-12(19)9-15(16)18(22)24/h3-9,11H,2,10H2,1H3,(H,21,23). The van der Waals surface area contributed by atoms with E-state index in [1.165, 1.54) is 42.7 Å². The summed E-state index contributed by atoms with van der Waals surface area (Å²) in [5, 5.41) is 2.66. The molecule has 3 rings (SSSR count). The third-order valence-corrected chi connectivity index (χ3v) is 5.73. The Morgan fingerprint density at radius 2 is 1.89 bits per heavy atom. The van der Waals surface area contributed by atoms with Gasteiger partial charge in [0.1, 0.15) is 12.4 Å². The van der Waals surface area contributed by atoms with Gasteiger partial charge in [0.05, 0.1) is 27.9 Å². The second kappa shape index (κ2) is 7.28. The first-order chi connectivity index (χ1) is 12.8. The van der Waals surface area contributed by atoms with Crippen LogP contribution in [0.15, 0.2) is 58.5 Å². The molecule has 1 aromatic heterocycles. The molecule has 0 fully saturated rings. The molecule has 0 aliphatic rings. The second-order valence-electron chi connectivity index (χ2n) is 5.82. The molecule has 0 aliphatic heterocycles. The van der Waals surface area contributed by atoms with Crippen molar-refractivity contribution in [3.8, 4) is 0 Å². The summed E-state index contributed by atoms with van der Waals surface area (Å²) >= 11 is 0. The Morgan fingerprint density at radius 1 is 1.19 bits per heavy atom. The van der Waals surface area contributed by atoms with E-state index in [1.807, 2.05) is 0 Å². The highest BCUT2D eigenvalue weighted by atomic mass is 32.2. The molecule has 0 bridgehead atoms.